The van der Waals surface area contributed by atoms with Crippen molar-refractivity contribution in [1.82, 2.24) is 0 Å². The number of hydrogen-bond donors (Lipinski definition) is 0. The fourth-order valence-corrected chi connectivity index (χ4v) is 0.753. The first kappa shape index (κ1) is 8.31. The Labute approximate surface area is 55.7 Å². The summed E-state index contributed by atoms with van der Waals surface area (Å²) in [6.07, 6.45) is 0.932. The van der Waals surface area contributed by atoms with Crippen LogP contribution in [0.15, 0.2) is 5.11 Å². The van der Waals surface area contributed by atoms with E-state index in [0.717, 1.165) is 6.42 Å². The third-order valence-electron chi connectivity index (χ3n) is 1.39. The fourth-order valence-electron chi connectivity index (χ4n) is 0.753. The van der Waals surface area contributed by atoms with Crippen molar-refractivity contribution in [2.75, 3.05) is 0 Å². The Morgan fingerprint density at radius 1 is 1.56 bits per heavy atom. The molecule has 1 atom stereocenters. The van der Waals surface area contributed by atoms with E-state index in [4.69, 9.17) is 5.53 Å². The molecule has 0 N–H and O–H groups in total. The Morgan fingerprint density at radius 2 is 2.11 bits per heavy atom. The molecule has 0 radical (unpaired) electrons. The molecular formula is C6H13N3. The highest BCUT2D eigenvalue weighted by Gasteiger charge is 2.06. The molecule has 0 bridgehead atoms. The number of rotatable bonds is 3. The van der Waals surface area contributed by atoms with Crippen molar-refractivity contribution in [3.63, 3.8) is 0 Å². The van der Waals surface area contributed by atoms with Crippen LogP contribution in [0.1, 0.15) is 27.2 Å². The van der Waals surface area contributed by atoms with Gasteiger partial charge in [-0.1, -0.05) is 25.9 Å². The van der Waals surface area contributed by atoms with Crippen LogP contribution in [-0.2, 0) is 0 Å². The zero-order valence-corrected chi connectivity index (χ0v) is 6.20. The average molecular weight is 127 g/mol. The summed E-state index contributed by atoms with van der Waals surface area (Å²) < 4.78 is 0. The number of nitrogens with zero attached hydrogens (tertiary/aromatic N) is 3. The Balaban J connectivity index is 3.82. The first-order valence-electron chi connectivity index (χ1n) is 3.26. The summed E-state index contributed by atoms with van der Waals surface area (Å²) in [7, 11) is 0. The predicted octanol–water partition coefficient (Wildman–Crippen LogP) is 2.73. The summed E-state index contributed by atoms with van der Waals surface area (Å²) in [4.78, 5) is 2.75. The van der Waals surface area contributed by atoms with E-state index in [2.05, 4.69) is 23.9 Å². The summed E-state index contributed by atoms with van der Waals surface area (Å²) >= 11 is 0. The van der Waals surface area contributed by atoms with Gasteiger partial charge in [-0.25, -0.2) is 0 Å². The lowest BCUT2D eigenvalue weighted by molar-refractivity contribution is 0.479. The third kappa shape index (κ3) is 2.98. The quantitative estimate of drug-likeness (QED) is 0.318. The van der Waals surface area contributed by atoms with Crippen LogP contribution in [0.4, 0.5) is 0 Å². The van der Waals surface area contributed by atoms with Gasteiger partial charge in [-0.15, -0.1) is 0 Å². The maximum atomic E-state index is 8.07. The minimum atomic E-state index is 0.176. The minimum Gasteiger partial charge on any atom is -0.0904 e. The van der Waals surface area contributed by atoms with Crippen LogP contribution in [0.25, 0.3) is 10.4 Å². The van der Waals surface area contributed by atoms with Gasteiger partial charge in [0.05, 0.1) is 0 Å². The van der Waals surface area contributed by atoms with Crippen LogP contribution in [-0.4, -0.2) is 6.04 Å². The lowest BCUT2D eigenvalue weighted by Crippen LogP contribution is -2.09. The number of azide groups is 1. The van der Waals surface area contributed by atoms with Crippen LogP contribution >= 0.6 is 0 Å². The number of hydrogen-bond acceptors (Lipinski definition) is 1. The molecule has 0 saturated carbocycles. The molecule has 3 heteroatoms. The maximum absolute atomic E-state index is 8.07. The second kappa shape index (κ2) is 4.21. The first-order valence-corrected chi connectivity index (χ1v) is 3.26. The second-order valence-electron chi connectivity index (χ2n) is 2.42. The van der Waals surface area contributed by atoms with Crippen LogP contribution in [0.3, 0.4) is 0 Å². The molecule has 0 aliphatic rings. The normalized spacial score (nSPS) is 12.9. The molecule has 9 heavy (non-hydrogen) atoms. The lowest BCUT2D eigenvalue weighted by atomic mass is 10.0. The van der Waals surface area contributed by atoms with E-state index < -0.39 is 0 Å². The molecule has 0 aliphatic heterocycles. The van der Waals surface area contributed by atoms with Crippen molar-refractivity contribution < 1.29 is 0 Å². The topological polar surface area (TPSA) is 48.8 Å². The van der Waals surface area contributed by atoms with E-state index in [1.54, 1.807) is 0 Å². The summed E-state index contributed by atoms with van der Waals surface area (Å²) in [5, 5.41) is 3.62. The predicted molar refractivity (Wildman–Crippen MR) is 38.1 cm³/mol. The minimum absolute atomic E-state index is 0.176. The van der Waals surface area contributed by atoms with Crippen molar-refractivity contribution in [2.24, 2.45) is 11.0 Å². The SMILES string of the molecule is CCC(N=[N+]=[N-])C(C)C. The third-order valence-corrected chi connectivity index (χ3v) is 1.39. The molecular weight excluding hydrogens is 114 g/mol. The van der Waals surface area contributed by atoms with Crippen molar-refractivity contribution in [1.29, 1.82) is 0 Å². The van der Waals surface area contributed by atoms with E-state index in [1.165, 1.54) is 0 Å². The van der Waals surface area contributed by atoms with Gasteiger partial charge in [0.25, 0.3) is 0 Å². The summed E-state index contributed by atoms with van der Waals surface area (Å²) in [6, 6.07) is 0.176. The molecule has 0 heterocycles. The first-order chi connectivity index (χ1) is 4.22. The fraction of sp³-hybridized carbons (Fsp3) is 1.00. The Hall–Kier alpha value is -0.690. The summed E-state index contributed by atoms with van der Waals surface area (Å²) in [5.74, 6) is 0.464. The molecule has 0 aromatic carbocycles. The molecule has 0 saturated heterocycles. The van der Waals surface area contributed by atoms with Crippen LogP contribution < -0.4 is 0 Å². The van der Waals surface area contributed by atoms with E-state index in [9.17, 15) is 0 Å². The van der Waals surface area contributed by atoms with Crippen molar-refractivity contribution in [3.8, 4) is 0 Å². The molecule has 1 unspecified atom stereocenters. The van der Waals surface area contributed by atoms with Crippen molar-refractivity contribution in [2.45, 2.75) is 33.2 Å². The van der Waals surface area contributed by atoms with Gasteiger partial charge >= 0.3 is 0 Å². The maximum Gasteiger partial charge on any atom is 0.0394 e. The molecule has 0 aromatic heterocycles. The molecule has 52 valence electrons. The largest absolute Gasteiger partial charge is 0.0904 e. The van der Waals surface area contributed by atoms with Crippen molar-refractivity contribution >= 4 is 0 Å². The van der Waals surface area contributed by atoms with Crippen LogP contribution in [0.2, 0.25) is 0 Å². The van der Waals surface area contributed by atoms with Gasteiger partial charge in [-0.05, 0) is 17.9 Å². The molecule has 0 aliphatic carbocycles. The standard InChI is InChI=1S/C6H13N3/c1-4-6(5(2)3)8-9-7/h5-6H,4H2,1-3H3. The van der Waals surface area contributed by atoms with Gasteiger partial charge in [-0.3, -0.25) is 0 Å². The molecule has 0 spiro atoms. The van der Waals surface area contributed by atoms with Gasteiger partial charge in [0.1, 0.15) is 0 Å². The molecule has 0 amide bonds. The highest BCUT2D eigenvalue weighted by atomic mass is 15.1. The highest BCUT2D eigenvalue weighted by Crippen LogP contribution is 2.09. The van der Waals surface area contributed by atoms with Gasteiger partial charge in [0.2, 0.25) is 0 Å². The Bertz CT molecular complexity index is 113. The summed E-state index contributed by atoms with van der Waals surface area (Å²) in [5.41, 5.74) is 8.07. The van der Waals surface area contributed by atoms with Crippen LogP contribution in [0, 0.1) is 5.92 Å². The Morgan fingerprint density at radius 3 is 2.22 bits per heavy atom. The van der Waals surface area contributed by atoms with Gasteiger partial charge in [0, 0.05) is 11.0 Å². The summed E-state index contributed by atoms with van der Waals surface area (Å²) in [6.45, 7) is 6.14. The molecule has 0 fully saturated rings. The molecule has 0 aromatic rings. The highest BCUT2D eigenvalue weighted by molar-refractivity contribution is 4.67. The lowest BCUT2D eigenvalue weighted by Gasteiger charge is -2.10. The smallest absolute Gasteiger partial charge is 0.0394 e. The van der Waals surface area contributed by atoms with Gasteiger partial charge in [-0.2, -0.15) is 0 Å². The zero-order valence-electron chi connectivity index (χ0n) is 6.20. The molecule has 3 nitrogen and oxygen atoms in total. The van der Waals surface area contributed by atoms with E-state index in [1.807, 2.05) is 6.92 Å². The Kier molecular flexibility index (Phi) is 3.89. The van der Waals surface area contributed by atoms with Gasteiger partial charge < -0.3 is 0 Å². The van der Waals surface area contributed by atoms with Gasteiger partial charge in [0.15, 0.2) is 0 Å². The monoisotopic (exact) mass is 127 g/mol. The zero-order chi connectivity index (χ0) is 7.28. The van der Waals surface area contributed by atoms with E-state index >= 15 is 0 Å². The average Bonchev–Trinajstić information content (AvgIpc) is 1.82. The van der Waals surface area contributed by atoms with Crippen molar-refractivity contribution in [3.05, 3.63) is 10.4 Å². The molecule has 0 rings (SSSR count). The van der Waals surface area contributed by atoms with E-state index in [0.29, 0.717) is 5.92 Å². The second-order valence-corrected chi connectivity index (χ2v) is 2.42. The van der Waals surface area contributed by atoms with E-state index in [-0.39, 0.29) is 6.04 Å². The van der Waals surface area contributed by atoms with Crippen LogP contribution in [0.5, 0.6) is 0 Å².